The van der Waals surface area contributed by atoms with Crippen molar-refractivity contribution in [3.63, 3.8) is 0 Å². The standard InChI is InChI=1S/C15H17F3N2O3/c16-15(17,18)12-4-2-1-3-10(12)5-7-19-14(23)20-8-6-11(9-20)13(21)22/h1-4,11H,5-9H2,(H,19,23)(H,21,22). The van der Waals surface area contributed by atoms with Gasteiger partial charge in [0.1, 0.15) is 0 Å². The Morgan fingerprint density at radius 1 is 1.30 bits per heavy atom. The minimum absolute atomic E-state index is 0.0532. The molecule has 1 aromatic carbocycles. The van der Waals surface area contributed by atoms with E-state index in [1.54, 1.807) is 0 Å². The van der Waals surface area contributed by atoms with Crippen LogP contribution in [0.4, 0.5) is 18.0 Å². The normalized spacial score (nSPS) is 18.0. The first-order chi connectivity index (χ1) is 10.8. The van der Waals surface area contributed by atoms with Crippen LogP contribution >= 0.6 is 0 Å². The van der Waals surface area contributed by atoms with E-state index in [0.29, 0.717) is 13.0 Å². The first kappa shape index (κ1) is 17.1. The Morgan fingerprint density at radius 2 is 2.00 bits per heavy atom. The highest BCUT2D eigenvalue weighted by molar-refractivity contribution is 5.77. The van der Waals surface area contributed by atoms with Gasteiger partial charge in [-0.2, -0.15) is 13.2 Å². The van der Waals surface area contributed by atoms with Crippen molar-refractivity contribution in [1.29, 1.82) is 0 Å². The van der Waals surface area contributed by atoms with Crippen LogP contribution in [0, 0.1) is 5.92 Å². The number of nitrogens with one attached hydrogen (secondary N) is 1. The van der Waals surface area contributed by atoms with Gasteiger partial charge in [0.25, 0.3) is 0 Å². The summed E-state index contributed by atoms with van der Waals surface area (Å²) < 4.78 is 38.5. The maximum absolute atomic E-state index is 12.8. The molecule has 1 saturated heterocycles. The molecule has 8 heteroatoms. The van der Waals surface area contributed by atoms with Crippen molar-refractivity contribution in [2.75, 3.05) is 19.6 Å². The van der Waals surface area contributed by atoms with Gasteiger partial charge in [0.15, 0.2) is 0 Å². The van der Waals surface area contributed by atoms with Crippen LogP contribution in [-0.2, 0) is 17.4 Å². The molecule has 1 aliphatic heterocycles. The maximum Gasteiger partial charge on any atom is 0.416 e. The molecule has 1 aromatic rings. The number of urea groups is 1. The maximum atomic E-state index is 12.8. The number of carboxylic acid groups (broad SMARTS) is 1. The predicted octanol–water partition coefficient (Wildman–Crippen LogP) is 2.36. The SMILES string of the molecule is O=C(O)C1CCN(C(=O)NCCc2ccccc2C(F)(F)F)C1. The van der Waals surface area contributed by atoms with Gasteiger partial charge in [0.2, 0.25) is 0 Å². The van der Waals surface area contributed by atoms with Crippen molar-refractivity contribution in [2.24, 2.45) is 5.92 Å². The number of carbonyl (C=O) groups is 2. The molecule has 1 aliphatic rings. The lowest BCUT2D eigenvalue weighted by atomic mass is 10.0. The molecule has 1 fully saturated rings. The highest BCUT2D eigenvalue weighted by Crippen LogP contribution is 2.31. The third kappa shape index (κ3) is 4.37. The van der Waals surface area contributed by atoms with Crippen molar-refractivity contribution >= 4 is 12.0 Å². The number of carboxylic acids is 1. The molecule has 1 atom stereocenters. The molecule has 1 unspecified atom stereocenters. The fourth-order valence-corrected chi connectivity index (χ4v) is 2.58. The van der Waals surface area contributed by atoms with Crippen molar-refractivity contribution in [2.45, 2.75) is 19.0 Å². The first-order valence-electron chi connectivity index (χ1n) is 7.19. The molecule has 2 amide bonds. The van der Waals surface area contributed by atoms with E-state index in [4.69, 9.17) is 5.11 Å². The third-order valence-corrected chi connectivity index (χ3v) is 3.82. The number of hydrogen-bond acceptors (Lipinski definition) is 2. The minimum atomic E-state index is -4.43. The van der Waals surface area contributed by atoms with Gasteiger partial charge in [-0.25, -0.2) is 4.79 Å². The van der Waals surface area contributed by atoms with Gasteiger partial charge in [0, 0.05) is 19.6 Å². The monoisotopic (exact) mass is 330 g/mol. The van der Waals surface area contributed by atoms with Crippen molar-refractivity contribution < 1.29 is 27.9 Å². The summed E-state index contributed by atoms with van der Waals surface area (Å²) in [7, 11) is 0. The smallest absolute Gasteiger partial charge is 0.416 e. The Bertz CT molecular complexity index is 590. The van der Waals surface area contributed by atoms with Gasteiger partial charge < -0.3 is 15.3 Å². The lowest BCUT2D eigenvalue weighted by molar-refractivity contribution is -0.141. The summed E-state index contributed by atoms with van der Waals surface area (Å²) in [5.74, 6) is -1.52. The van der Waals surface area contributed by atoms with Crippen molar-refractivity contribution in [1.82, 2.24) is 10.2 Å². The highest BCUT2D eigenvalue weighted by atomic mass is 19.4. The molecule has 2 rings (SSSR count). The lowest BCUT2D eigenvalue weighted by Gasteiger charge is -2.17. The second kappa shape index (κ2) is 6.89. The topological polar surface area (TPSA) is 69.6 Å². The van der Waals surface area contributed by atoms with Crippen LogP contribution < -0.4 is 5.32 Å². The van der Waals surface area contributed by atoms with Gasteiger partial charge in [-0.15, -0.1) is 0 Å². The summed E-state index contributed by atoms with van der Waals surface area (Å²) >= 11 is 0. The van der Waals surface area contributed by atoms with Crippen molar-refractivity contribution in [3.05, 3.63) is 35.4 Å². The zero-order chi connectivity index (χ0) is 17.0. The summed E-state index contributed by atoms with van der Waals surface area (Å²) in [4.78, 5) is 24.1. The molecular weight excluding hydrogens is 313 g/mol. The van der Waals surface area contributed by atoms with Gasteiger partial charge in [-0.1, -0.05) is 18.2 Å². The van der Waals surface area contributed by atoms with E-state index >= 15 is 0 Å². The molecule has 0 radical (unpaired) electrons. The Morgan fingerprint density at radius 3 is 2.61 bits per heavy atom. The first-order valence-corrected chi connectivity index (χ1v) is 7.19. The van der Waals surface area contributed by atoms with Crippen LogP contribution in [0.2, 0.25) is 0 Å². The summed E-state index contributed by atoms with van der Waals surface area (Å²) in [5.41, 5.74) is -0.591. The number of rotatable bonds is 4. The minimum Gasteiger partial charge on any atom is -0.481 e. The van der Waals surface area contributed by atoms with Gasteiger partial charge in [-0.05, 0) is 24.5 Å². The molecule has 0 spiro atoms. The van der Waals surface area contributed by atoms with E-state index in [9.17, 15) is 22.8 Å². The number of carbonyl (C=O) groups excluding carboxylic acids is 1. The van der Waals surface area contributed by atoms with E-state index in [0.717, 1.165) is 6.07 Å². The molecule has 0 aliphatic carbocycles. The highest BCUT2D eigenvalue weighted by Gasteiger charge is 2.33. The van der Waals surface area contributed by atoms with Gasteiger partial charge >= 0.3 is 18.2 Å². The molecule has 1 heterocycles. The molecule has 5 nitrogen and oxygen atoms in total. The predicted molar refractivity (Wildman–Crippen MR) is 75.9 cm³/mol. The Hall–Kier alpha value is -2.25. The van der Waals surface area contributed by atoms with E-state index in [1.807, 2.05) is 0 Å². The quantitative estimate of drug-likeness (QED) is 0.890. The van der Waals surface area contributed by atoms with Gasteiger partial charge in [-0.3, -0.25) is 4.79 Å². The van der Waals surface area contributed by atoms with Crippen LogP contribution in [0.3, 0.4) is 0 Å². The molecule has 0 aromatic heterocycles. The van der Waals surface area contributed by atoms with E-state index in [1.165, 1.54) is 23.1 Å². The number of likely N-dealkylation sites (tertiary alicyclic amines) is 1. The molecular formula is C15H17F3N2O3. The number of hydrogen-bond donors (Lipinski definition) is 2. The van der Waals surface area contributed by atoms with E-state index in [2.05, 4.69) is 5.32 Å². The summed E-state index contributed by atoms with van der Waals surface area (Å²) in [6.07, 6.45) is -3.98. The summed E-state index contributed by atoms with van der Waals surface area (Å²) in [6.45, 7) is 0.516. The molecule has 0 saturated carbocycles. The average Bonchev–Trinajstić information content (AvgIpc) is 2.96. The lowest BCUT2D eigenvalue weighted by Crippen LogP contribution is -2.39. The number of alkyl halides is 3. The molecule has 0 bridgehead atoms. The van der Waals surface area contributed by atoms with Gasteiger partial charge in [0.05, 0.1) is 11.5 Å². The number of benzene rings is 1. The fourth-order valence-electron chi connectivity index (χ4n) is 2.58. The fraction of sp³-hybridized carbons (Fsp3) is 0.467. The van der Waals surface area contributed by atoms with Crippen LogP contribution in [0.1, 0.15) is 17.5 Å². The Labute approximate surface area is 131 Å². The summed E-state index contributed by atoms with van der Waals surface area (Å²) in [5, 5.41) is 11.4. The van der Waals surface area contributed by atoms with Crippen LogP contribution in [0.15, 0.2) is 24.3 Å². The van der Waals surface area contributed by atoms with Crippen LogP contribution in [-0.4, -0.2) is 41.6 Å². The third-order valence-electron chi connectivity index (χ3n) is 3.82. The Kier molecular flexibility index (Phi) is 5.12. The van der Waals surface area contributed by atoms with E-state index < -0.39 is 29.7 Å². The van der Waals surface area contributed by atoms with Crippen LogP contribution in [0.5, 0.6) is 0 Å². The number of nitrogens with zero attached hydrogens (tertiary/aromatic N) is 1. The van der Waals surface area contributed by atoms with E-state index in [-0.39, 0.29) is 25.1 Å². The zero-order valence-corrected chi connectivity index (χ0v) is 12.3. The van der Waals surface area contributed by atoms with Crippen LogP contribution in [0.25, 0.3) is 0 Å². The molecule has 2 N–H and O–H groups in total. The average molecular weight is 330 g/mol. The Balaban J connectivity index is 1.86. The zero-order valence-electron chi connectivity index (χ0n) is 12.3. The molecule has 23 heavy (non-hydrogen) atoms. The number of amides is 2. The number of aliphatic carboxylic acids is 1. The molecule has 126 valence electrons. The second-order valence-corrected chi connectivity index (χ2v) is 5.41. The second-order valence-electron chi connectivity index (χ2n) is 5.41. The van der Waals surface area contributed by atoms with Crippen molar-refractivity contribution in [3.8, 4) is 0 Å². The summed E-state index contributed by atoms with van der Waals surface area (Å²) in [6, 6.07) is 4.78. The largest absolute Gasteiger partial charge is 0.481 e. The number of halogens is 3.